The molecule has 1 aromatic carbocycles. The maximum Gasteiger partial charge on any atom is 0.321 e. The zero-order valence-electron chi connectivity index (χ0n) is 11.4. The van der Waals surface area contributed by atoms with E-state index in [1.807, 2.05) is 0 Å². The van der Waals surface area contributed by atoms with Crippen LogP contribution in [0, 0.1) is 22.9 Å². The number of sulfonamides is 1. The number of carboxylic acid groups (broad SMARTS) is 1. The Bertz CT molecular complexity index is 703. The van der Waals surface area contributed by atoms with Gasteiger partial charge in [0.2, 0.25) is 10.0 Å². The monoisotopic (exact) mass is 320 g/mol. The molecule has 116 valence electrons. The molecule has 21 heavy (non-hydrogen) atoms. The average Bonchev–Trinajstić information content (AvgIpc) is 2.39. The summed E-state index contributed by atoms with van der Waals surface area (Å²) in [5, 5.41) is 19.6. The van der Waals surface area contributed by atoms with E-state index >= 15 is 0 Å². The van der Waals surface area contributed by atoms with Crippen LogP contribution in [0.25, 0.3) is 0 Å². The van der Waals surface area contributed by atoms with E-state index in [-0.39, 0.29) is 5.56 Å². The highest BCUT2D eigenvalue weighted by Crippen LogP contribution is 2.27. The first-order valence-electron chi connectivity index (χ1n) is 5.65. The molecule has 8 nitrogen and oxygen atoms in total. The molecule has 0 aromatic heterocycles. The van der Waals surface area contributed by atoms with E-state index in [2.05, 4.69) is 0 Å². The zero-order valence-corrected chi connectivity index (χ0v) is 12.2. The van der Waals surface area contributed by atoms with Crippen LogP contribution in [-0.2, 0) is 14.8 Å². The molecule has 1 aromatic rings. The van der Waals surface area contributed by atoms with Crippen LogP contribution in [0.15, 0.2) is 17.0 Å². The number of benzene rings is 1. The van der Waals surface area contributed by atoms with Crippen molar-refractivity contribution in [3.05, 3.63) is 33.6 Å². The van der Waals surface area contributed by atoms with Crippen molar-refractivity contribution >= 4 is 21.7 Å². The lowest BCUT2D eigenvalue weighted by Crippen LogP contribution is -2.40. The fraction of sp³-hybridized carbons (Fsp3) is 0.364. The molecule has 0 aliphatic rings. The molecule has 0 aliphatic heterocycles. The van der Waals surface area contributed by atoms with Gasteiger partial charge in [-0.1, -0.05) is 0 Å². The highest BCUT2D eigenvalue weighted by atomic mass is 32.2. The van der Waals surface area contributed by atoms with Crippen LogP contribution < -0.4 is 0 Å². The third-order valence-corrected chi connectivity index (χ3v) is 4.97. The van der Waals surface area contributed by atoms with Gasteiger partial charge in [-0.05, 0) is 19.9 Å². The third kappa shape index (κ3) is 3.16. The quantitative estimate of drug-likeness (QED) is 0.642. The second-order valence-electron chi connectivity index (χ2n) is 4.34. The Hall–Kier alpha value is -2.07. The number of hydrogen-bond acceptors (Lipinski definition) is 5. The van der Waals surface area contributed by atoms with Crippen LogP contribution in [0.5, 0.6) is 0 Å². The summed E-state index contributed by atoms with van der Waals surface area (Å²) in [6.45, 7) is 2.27. The molecule has 1 rings (SSSR count). The smallest absolute Gasteiger partial charge is 0.321 e. The molecule has 0 radical (unpaired) electrons. The first-order chi connectivity index (χ1) is 9.50. The number of nitro groups is 1. The van der Waals surface area contributed by atoms with E-state index in [0.717, 1.165) is 20.9 Å². The van der Waals surface area contributed by atoms with E-state index in [4.69, 9.17) is 5.11 Å². The molecule has 10 heteroatoms. The number of carbonyl (C=O) groups is 1. The minimum absolute atomic E-state index is 0.298. The van der Waals surface area contributed by atoms with Crippen LogP contribution in [0.3, 0.4) is 0 Å². The Balaban J connectivity index is 3.46. The molecule has 0 saturated heterocycles. The van der Waals surface area contributed by atoms with Crippen LogP contribution in [0.1, 0.15) is 12.5 Å². The Morgan fingerprint density at radius 1 is 1.48 bits per heavy atom. The number of aliphatic carboxylic acids is 1. The van der Waals surface area contributed by atoms with E-state index in [1.54, 1.807) is 0 Å². The maximum absolute atomic E-state index is 13.6. The summed E-state index contributed by atoms with van der Waals surface area (Å²) in [7, 11) is -3.37. The van der Waals surface area contributed by atoms with Gasteiger partial charge in [-0.15, -0.1) is 0 Å². The van der Waals surface area contributed by atoms with E-state index in [9.17, 15) is 27.7 Å². The van der Waals surface area contributed by atoms with Gasteiger partial charge in [0.15, 0.2) is 0 Å². The van der Waals surface area contributed by atoms with E-state index in [0.29, 0.717) is 16.4 Å². The number of nitro benzene ring substituents is 1. The predicted octanol–water partition coefficient (Wildman–Crippen LogP) is 1.14. The Morgan fingerprint density at radius 3 is 2.43 bits per heavy atom. The van der Waals surface area contributed by atoms with Crippen molar-refractivity contribution in [1.82, 2.24) is 4.31 Å². The number of nitrogens with zero attached hydrogens (tertiary/aromatic N) is 2. The van der Waals surface area contributed by atoms with E-state index < -0.39 is 43.4 Å². The van der Waals surface area contributed by atoms with Gasteiger partial charge in [0.05, 0.1) is 15.4 Å². The fourth-order valence-electron chi connectivity index (χ4n) is 1.51. The van der Waals surface area contributed by atoms with Gasteiger partial charge in [-0.25, -0.2) is 12.8 Å². The standard InChI is InChI=1S/C11H13FN2O6S/c1-6-9(12)4-8(5-10(6)14(17)18)21(19,20)13(3)7(2)11(15)16/h4-5,7H,1-3H3,(H,15,16). The topological polar surface area (TPSA) is 118 Å². The summed E-state index contributed by atoms with van der Waals surface area (Å²) in [6, 6.07) is -0.0694. The van der Waals surface area contributed by atoms with Crippen molar-refractivity contribution in [2.75, 3.05) is 7.05 Å². The highest BCUT2D eigenvalue weighted by molar-refractivity contribution is 7.89. The molecule has 1 unspecified atom stereocenters. The summed E-state index contributed by atoms with van der Waals surface area (Å²) in [6.07, 6.45) is 0. The molecular weight excluding hydrogens is 307 g/mol. The summed E-state index contributed by atoms with van der Waals surface area (Å²) in [5.41, 5.74) is -0.988. The van der Waals surface area contributed by atoms with Crippen molar-refractivity contribution in [3.8, 4) is 0 Å². The van der Waals surface area contributed by atoms with Crippen LogP contribution in [0.2, 0.25) is 0 Å². The molecule has 0 heterocycles. The molecule has 0 fully saturated rings. The largest absolute Gasteiger partial charge is 0.480 e. The van der Waals surface area contributed by atoms with Crippen LogP contribution in [0.4, 0.5) is 10.1 Å². The lowest BCUT2D eigenvalue weighted by molar-refractivity contribution is -0.385. The number of halogens is 1. The number of hydrogen-bond donors (Lipinski definition) is 1. The van der Waals surface area contributed by atoms with E-state index in [1.165, 1.54) is 0 Å². The Morgan fingerprint density at radius 2 is 2.00 bits per heavy atom. The maximum atomic E-state index is 13.6. The fourth-order valence-corrected chi connectivity index (χ4v) is 2.86. The zero-order chi connectivity index (χ0) is 16.5. The number of carboxylic acids is 1. The highest BCUT2D eigenvalue weighted by Gasteiger charge is 2.31. The van der Waals surface area contributed by atoms with Gasteiger partial charge >= 0.3 is 5.97 Å². The first-order valence-corrected chi connectivity index (χ1v) is 7.09. The Kier molecular flexibility index (Phi) is 4.64. The SMILES string of the molecule is Cc1c(F)cc(S(=O)(=O)N(C)C(C)C(=O)O)cc1[N+](=O)[O-]. The molecule has 0 spiro atoms. The van der Waals surface area contributed by atoms with Crippen molar-refractivity contribution in [1.29, 1.82) is 0 Å². The molecular formula is C11H13FN2O6S. The van der Waals surface area contributed by atoms with Gasteiger partial charge in [0.1, 0.15) is 11.9 Å². The van der Waals surface area contributed by atoms with Gasteiger partial charge < -0.3 is 5.11 Å². The normalized spacial score (nSPS) is 13.2. The number of rotatable bonds is 5. The second-order valence-corrected chi connectivity index (χ2v) is 6.34. The molecule has 0 aliphatic carbocycles. The summed E-state index contributed by atoms with van der Waals surface area (Å²) >= 11 is 0. The average molecular weight is 320 g/mol. The summed E-state index contributed by atoms with van der Waals surface area (Å²) in [4.78, 5) is 20.1. The molecule has 0 saturated carbocycles. The summed E-state index contributed by atoms with van der Waals surface area (Å²) < 4.78 is 38.5. The molecule has 1 atom stereocenters. The second kappa shape index (κ2) is 5.74. The van der Waals surface area contributed by atoms with Gasteiger partial charge in [-0.3, -0.25) is 14.9 Å². The third-order valence-electron chi connectivity index (χ3n) is 3.07. The van der Waals surface area contributed by atoms with Crippen molar-refractivity contribution in [2.24, 2.45) is 0 Å². The molecule has 1 N–H and O–H groups in total. The first kappa shape index (κ1) is 17.0. The van der Waals surface area contributed by atoms with Gasteiger partial charge in [0.25, 0.3) is 5.69 Å². The van der Waals surface area contributed by atoms with Crippen molar-refractivity contribution in [2.45, 2.75) is 24.8 Å². The minimum Gasteiger partial charge on any atom is -0.480 e. The lowest BCUT2D eigenvalue weighted by atomic mass is 10.2. The number of likely N-dealkylation sites (N-methyl/N-ethyl adjacent to an activating group) is 1. The van der Waals surface area contributed by atoms with Crippen molar-refractivity contribution < 1.29 is 27.6 Å². The van der Waals surface area contributed by atoms with Gasteiger partial charge in [0, 0.05) is 13.1 Å². The lowest BCUT2D eigenvalue weighted by Gasteiger charge is -2.21. The predicted molar refractivity (Wildman–Crippen MR) is 69.8 cm³/mol. The van der Waals surface area contributed by atoms with Crippen LogP contribution in [-0.4, -0.2) is 41.8 Å². The minimum atomic E-state index is -4.37. The molecule has 0 amide bonds. The molecule has 0 bridgehead atoms. The Labute approximate surface area is 120 Å². The van der Waals surface area contributed by atoms with Crippen molar-refractivity contribution in [3.63, 3.8) is 0 Å². The van der Waals surface area contributed by atoms with Gasteiger partial charge in [-0.2, -0.15) is 4.31 Å². The van der Waals surface area contributed by atoms with Crippen LogP contribution >= 0.6 is 0 Å². The summed E-state index contributed by atoms with van der Waals surface area (Å²) in [5.74, 6) is -2.46.